The number of nitrogens with one attached hydrogen (secondary N) is 2. The lowest BCUT2D eigenvalue weighted by molar-refractivity contribution is -0.268. The molecule has 0 aliphatic rings. The zero-order valence-corrected chi connectivity index (χ0v) is 18.8. The van der Waals surface area contributed by atoms with Crippen LogP contribution in [0.5, 0.6) is 0 Å². The number of H-pyrrole nitrogens is 1. The highest BCUT2D eigenvalue weighted by molar-refractivity contribution is 5.98. The number of hydrogen-bond acceptors (Lipinski definition) is 5. The Bertz CT molecular complexity index is 1250. The number of aromatic nitrogens is 1. The molecule has 6 N–H and O–H groups in total. The molecule has 2 aromatic carbocycles. The molecule has 0 aliphatic carbocycles. The Morgan fingerprint density at radius 1 is 1.15 bits per heavy atom. The molecule has 1 aromatic heterocycles. The number of carboxylic acid groups (broad SMARTS) is 1. The summed E-state index contributed by atoms with van der Waals surface area (Å²) in [6, 6.07) is 14.5. The van der Waals surface area contributed by atoms with E-state index in [0.717, 1.165) is 15.8 Å². The van der Waals surface area contributed by atoms with Crippen molar-refractivity contribution in [2.45, 2.75) is 32.4 Å². The number of anilines is 1. The van der Waals surface area contributed by atoms with Crippen LogP contribution >= 0.6 is 0 Å². The molecule has 0 spiro atoms. The van der Waals surface area contributed by atoms with Crippen LogP contribution in [0.4, 0.5) is 10.5 Å². The minimum atomic E-state index is -1.47. The van der Waals surface area contributed by atoms with Gasteiger partial charge in [0.05, 0.1) is 5.52 Å². The number of guanidine groups is 1. The number of carbonyl (C=O) groups excluding carboxylic acids is 2. The highest BCUT2D eigenvalue weighted by Crippen LogP contribution is 2.21. The van der Waals surface area contributed by atoms with Crippen LogP contribution in [-0.4, -0.2) is 40.4 Å². The fourth-order valence-electron chi connectivity index (χ4n) is 3.74. The number of fused-ring (bicyclic) bond motifs is 1. The third-order valence-electron chi connectivity index (χ3n) is 5.36. The van der Waals surface area contributed by atoms with Crippen molar-refractivity contribution in [1.82, 2.24) is 9.88 Å². The monoisotopic (exact) mass is 463 g/mol. The van der Waals surface area contributed by atoms with Gasteiger partial charge in [0.1, 0.15) is 12.1 Å². The zero-order valence-electron chi connectivity index (χ0n) is 18.8. The second kappa shape index (κ2) is 11.0. The number of nitrogens with two attached hydrogens (primary N) is 2. The van der Waals surface area contributed by atoms with E-state index in [2.05, 4.69) is 15.3 Å². The Morgan fingerprint density at radius 3 is 2.56 bits per heavy atom. The summed E-state index contributed by atoms with van der Waals surface area (Å²) in [4.78, 5) is 44.7. The van der Waals surface area contributed by atoms with E-state index in [1.165, 1.54) is 6.07 Å². The number of rotatable bonds is 9. The highest BCUT2D eigenvalue weighted by atomic mass is 16.4. The molecule has 0 saturated heterocycles. The maximum absolute atomic E-state index is 13.2. The Labute approximate surface area is 196 Å². The molecule has 0 aliphatic heterocycles. The third kappa shape index (κ3) is 6.35. The molecule has 10 heteroatoms. The lowest BCUT2D eigenvalue weighted by atomic mass is 10.1. The van der Waals surface area contributed by atoms with Crippen LogP contribution in [0.15, 0.2) is 64.4 Å². The minimum absolute atomic E-state index is 0.0200. The van der Waals surface area contributed by atoms with Gasteiger partial charge in [0.2, 0.25) is 11.5 Å². The summed E-state index contributed by atoms with van der Waals surface area (Å²) in [5, 5.41) is 15.6. The van der Waals surface area contributed by atoms with Crippen LogP contribution in [0.3, 0.4) is 0 Å². The third-order valence-corrected chi connectivity index (χ3v) is 5.36. The maximum atomic E-state index is 13.2. The van der Waals surface area contributed by atoms with Gasteiger partial charge in [-0.15, -0.1) is 0 Å². The summed E-state index contributed by atoms with van der Waals surface area (Å²) in [7, 11) is 0. The lowest BCUT2D eigenvalue weighted by Gasteiger charge is -2.33. The van der Waals surface area contributed by atoms with E-state index in [0.29, 0.717) is 23.2 Å². The number of carbonyl (C=O) groups is 2. The lowest BCUT2D eigenvalue weighted by Crippen LogP contribution is -2.51. The van der Waals surface area contributed by atoms with Crippen LogP contribution < -0.4 is 27.4 Å². The van der Waals surface area contributed by atoms with E-state index in [-0.39, 0.29) is 31.0 Å². The standard InChI is InChI=1S/C24H28N6O4/c1-15-12-21(31)29-19-13-17(9-10-18(15)19)28-22(32)20(8-5-11-27-23(25)26)30(24(33)34)14-16-6-3-2-4-7-16/h2-4,6-7,9-10,12-13,20H,5,8,11,14H2,1H3,(H,28,32)(H,29,31)(H,33,34)(H4,25,26,27)/p-1. The van der Waals surface area contributed by atoms with Crippen molar-refractivity contribution < 1.29 is 14.7 Å². The topological polar surface area (TPSA) is 170 Å². The minimum Gasteiger partial charge on any atom is -0.530 e. The van der Waals surface area contributed by atoms with Crippen molar-refractivity contribution in [2.24, 2.45) is 16.5 Å². The normalized spacial score (nSPS) is 11.6. The van der Waals surface area contributed by atoms with Gasteiger partial charge in [-0.3, -0.25) is 14.6 Å². The SMILES string of the molecule is Cc1cc(=O)[nH]c2cc(NC(=O)C(CCCN=C(N)N)N(Cc3ccccc3)C(=O)[O-])ccc12. The number of aromatic amines is 1. The summed E-state index contributed by atoms with van der Waals surface area (Å²) in [6.07, 6.45) is -0.921. The number of hydrogen-bond donors (Lipinski definition) is 4. The molecular weight excluding hydrogens is 436 g/mol. The fraction of sp³-hybridized carbons (Fsp3) is 0.250. The molecule has 1 heterocycles. The molecular formula is C24H27N6O4-. The van der Waals surface area contributed by atoms with E-state index < -0.39 is 18.0 Å². The van der Waals surface area contributed by atoms with Crippen LogP contribution in [0, 0.1) is 6.92 Å². The number of aliphatic imine (C=N–C) groups is 1. The first kappa shape index (κ1) is 24.3. The smallest absolute Gasteiger partial charge is 0.248 e. The van der Waals surface area contributed by atoms with Gasteiger partial charge >= 0.3 is 0 Å². The number of pyridine rings is 1. The van der Waals surface area contributed by atoms with E-state index in [1.807, 2.05) is 13.0 Å². The van der Waals surface area contributed by atoms with Gasteiger partial charge in [0.25, 0.3) is 0 Å². The van der Waals surface area contributed by atoms with Crippen LogP contribution in [0.1, 0.15) is 24.0 Å². The maximum Gasteiger partial charge on any atom is 0.248 e. The van der Waals surface area contributed by atoms with Crippen molar-refractivity contribution in [3.63, 3.8) is 0 Å². The quantitative estimate of drug-likeness (QED) is 0.210. The molecule has 3 aromatic rings. The van der Waals surface area contributed by atoms with E-state index >= 15 is 0 Å². The molecule has 1 atom stereocenters. The van der Waals surface area contributed by atoms with Gasteiger partial charge in [0.15, 0.2) is 5.96 Å². The summed E-state index contributed by atoms with van der Waals surface area (Å²) >= 11 is 0. The van der Waals surface area contributed by atoms with Crippen LogP contribution in [-0.2, 0) is 11.3 Å². The molecule has 10 nitrogen and oxygen atoms in total. The zero-order chi connectivity index (χ0) is 24.7. The van der Waals surface area contributed by atoms with E-state index in [1.54, 1.807) is 42.5 Å². The van der Waals surface area contributed by atoms with Crippen molar-refractivity contribution in [1.29, 1.82) is 0 Å². The first-order valence-corrected chi connectivity index (χ1v) is 10.8. The second-order valence-corrected chi connectivity index (χ2v) is 7.91. The van der Waals surface area contributed by atoms with Gasteiger partial charge in [-0.1, -0.05) is 36.4 Å². The molecule has 0 fully saturated rings. The average Bonchev–Trinajstić information content (AvgIpc) is 2.78. The molecule has 1 unspecified atom stereocenters. The first-order chi connectivity index (χ1) is 16.2. The summed E-state index contributed by atoms with van der Waals surface area (Å²) in [5.74, 6) is -0.610. The van der Waals surface area contributed by atoms with Crippen molar-refractivity contribution in [3.05, 3.63) is 76.1 Å². The Kier molecular flexibility index (Phi) is 7.86. The second-order valence-electron chi connectivity index (χ2n) is 7.91. The predicted octanol–water partition coefficient (Wildman–Crippen LogP) is 1.04. The highest BCUT2D eigenvalue weighted by Gasteiger charge is 2.26. The van der Waals surface area contributed by atoms with E-state index in [9.17, 15) is 19.5 Å². The van der Waals surface area contributed by atoms with Gasteiger partial charge in [-0.2, -0.15) is 0 Å². The first-order valence-electron chi connectivity index (χ1n) is 10.8. The van der Waals surface area contributed by atoms with Gasteiger partial charge in [-0.25, -0.2) is 0 Å². The molecule has 3 rings (SSSR count). The van der Waals surface area contributed by atoms with Crippen LogP contribution in [0.2, 0.25) is 0 Å². The fourth-order valence-corrected chi connectivity index (χ4v) is 3.74. The Balaban J connectivity index is 1.86. The summed E-state index contributed by atoms with van der Waals surface area (Å²) < 4.78 is 0. The van der Waals surface area contributed by atoms with E-state index in [4.69, 9.17) is 11.5 Å². The number of benzene rings is 2. The molecule has 34 heavy (non-hydrogen) atoms. The average molecular weight is 464 g/mol. The molecule has 0 bridgehead atoms. The Morgan fingerprint density at radius 2 is 1.88 bits per heavy atom. The molecule has 0 saturated carbocycles. The predicted molar refractivity (Wildman–Crippen MR) is 129 cm³/mol. The summed E-state index contributed by atoms with van der Waals surface area (Å²) in [6.45, 7) is 2.05. The summed E-state index contributed by atoms with van der Waals surface area (Å²) in [5.41, 5.74) is 13.0. The van der Waals surface area contributed by atoms with Crippen molar-refractivity contribution in [2.75, 3.05) is 11.9 Å². The number of amides is 2. The Hall–Kier alpha value is -4.34. The van der Waals surface area contributed by atoms with Crippen molar-refractivity contribution in [3.8, 4) is 0 Å². The molecule has 2 amide bonds. The molecule has 0 radical (unpaired) electrons. The number of aryl methyl sites for hydroxylation is 1. The number of nitrogens with zero attached hydrogens (tertiary/aromatic N) is 2. The largest absolute Gasteiger partial charge is 0.530 e. The van der Waals surface area contributed by atoms with Gasteiger partial charge in [0, 0.05) is 30.2 Å². The van der Waals surface area contributed by atoms with Crippen molar-refractivity contribution >= 4 is 34.6 Å². The molecule has 178 valence electrons. The van der Waals surface area contributed by atoms with Crippen LogP contribution in [0.25, 0.3) is 10.9 Å². The van der Waals surface area contributed by atoms with Gasteiger partial charge < -0.3 is 36.6 Å². The van der Waals surface area contributed by atoms with Gasteiger partial charge in [-0.05, 0) is 43.0 Å².